The lowest BCUT2D eigenvalue weighted by molar-refractivity contribution is -0.137. The Morgan fingerprint density at radius 2 is 1.77 bits per heavy atom. The average Bonchev–Trinajstić information content (AvgIpc) is 2.63. The third-order valence-corrected chi connectivity index (χ3v) is 4.41. The van der Waals surface area contributed by atoms with Gasteiger partial charge in [0.25, 0.3) is 5.91 Å². The quantitative estimate of drug-likeness (QED) is 0.845. The highest BCUT2D eigenvalue weighted by atomic mass is 35.5. The third-order valence-electron chi connectivity index (χ3n) is 4.08. The Morgan fingerprint density at radius 3 is 2.38 bits per heavy atom. The van der Waals surface area contributed by atoms with Gasteiger partial charge in [0, 0.05) is 25.5 Å². The number of benzene rings is 1. The fourth-order valence-electron chi connectivity index (χ4n) is 2.70. The van der Waals surface area contributed by atoms with E-state index in [1.54, 1.807) is 4.90 Å². The molecular weight excluding hydrogens is 369 g/mol. The van der Waals surface area contributed by atoms with E-state index in [9.17, 15) is 18.0 Å². The smallest absolute Gasteiger partial charge is 0.339 e. The molecule has 2 heterocycles. The van der Waals surface area contributed by atoms with Gasteiger partial charge >= 0.3 is 6.18 Å². The van der Waals surface area contributed by atoms with E-state index >= 15 is 0 Å². The first-order chi connectivity index (χ1) is 12.3. The van der Waals surface area contributed by atoms with Crippen LogP contribution in [0.4, 0.5) is 24.8 Å². The number of nitrogens with zero attached hydrogens (tertiary/aromatic N) is 3. The Kier molecular flexibility index (Phi) is 5.31. The molecule has 0 radical (unpaired) electrons. The minimum atomic E-state index is -4.48. The molecule has 1 fully saturated rings. The summed E-state index contributed by atoms with van der Waals surface area (Å²) >= 11 is 5.93. The maximum absolute atomic E-state index is 12.8. The Bertz CT molecular complexity index is 790. The van der Waals surface area contributed by atoms with Gasteiger partial charge < -0.3 is 10.2 Å². The fourth-order valence-corrected chi connectivity index (χ4v) is 2.87. The highest BCUT2D eigenvalue weighted by molar-refractivity contribution is 6.33. The Labute approximate surface area is 153 Å². The molecule has 26 heavy (non-hydrogen) atoms. The van der Waals surface area contributed by atoms with Gasteiger partial charge in [-0.2, -0.15) is 13.2 Å². The van der Waals surface area contributed by atoms with Crippen LogP contribution in [0.1, 0.15) is 35.2 Å². The molecule has 5 nitrogen and oxygen atoms in total. The van der Waals surface area contributed by atoms with Crippen molar-refractivity contribution < 1.29 is 18.0 Å². The summed E-state index contributed by atoms with van der Waals surface area (Å²) in [5.74, 6) is -0.0882. The molecule has 0 bridgehead atoms. The van der Waals surface area contributed by atoms with Crippen molar-refractivity contribution >= 4 is 29.1 Å². The zero-order chi connectivity index (χ0) is 18.7. The van der Waals surface area contributed by atoms with Crippen LogP contribution in [0.3, 0.4) is 0 Å². The summed E-state index contributed by atoms with van der Waals surface area (Å²) in [4.78, 5) is 22.1. The van der Waals surface area contributed by atoms with Gasteiger partial charge in [0.2, 0.25) is 5.95 Å². The summed E-state index contributed by atoms with van der Waals surface area (Å²) in [6, 6.07) is 2.94. The minimum Gasteiger partial charge on any atom is -0.339 e. The molecule has 1 saturated heterocycles. The van der Waals surface area contributed by atoms with Crippen molar-refractivity contribution in [3.05, 3.63) is 46.7 Å². The molecule has 1 aliphatic rings. The molecule has 1 amide bonds. The maximum atomic E-state index is 12.8. The SMILES string of the molecule is O=C(c1cnc(Nc2cc(C(F)(F)F)ccc2Cl)nc1)N1CCCCC1. The number of nitrogens with one attached hydrogen (secondary N) is 1. The lowest BCUT2D eigenvalue weighted by atomic mass is 10.1. The zero-order valence-corrected chi connectivity index (χ0v) is 14.4. The van der Waals surface area contributed by atoms with E-state index in [0.717, 1.165) is 37.5 Å². The van der Waals surface area contributed by atoms with E-state index in [-0.39, 0.29) is 22.6 Å². The number of carbonyl (C=O) groups is 1. The summed E-state index contributed by atoms with van der Waals surface area (Å²) in [7, 11) is 0. The van der Waals surface area contributed by atoms with E-state index in [1.807, 2.05) is 0 Å². The number of alkyl halides is 3. The predicted octanol–water partition coefficient (Wildman–Crippen LogP) is 4.52. The second kappa shape index (κ2) is 7.49. The predicted molar refractivity (Wildman–Crippen MR) is 91.5 cm³/mol. The van der Waals surface area contributed by atoms with Crippen molar-refractivity contribution in [2.45, 2.75) is 25.4 Å². The third kappa shape index (κ3) is 4.24. The zero-order valence-electron chi connectivity index (χ0n) is 13.7. The van der Waals surface area contributed by atoms with Crippen LogP contribution in [0.2, 0.25) is 5.02 Å². The Balaban J connectivity index is 1.74. The number of amides is 1. The summed E-state index contributed by atoms with van der Waals surface area (Å²) < 4.78 is 38.4. The highest BCUT2D eigenvalue weighted by Crippen LogP contribution is 2.34. The highest BCUT2D eigenvalue weighted by Gasteiger charge is 2.31. The van der Waals surface area contributed by atoms with Crippen molar-refractivity contribution in [2.24, 2.45) is 0 Å². The van der Waals surface area contributed by atoms with Crippen molar-refractivity contribution in [3.8, 4) is 0 Å². The van der Waals surface area contributed by atoms with Gasteiger partial charge in [-0.15, -0.1) is 0 Å². The van der Waals surface area contributed by atoms with Crippen molar-refractivity contribution in [3.63, 3.8) is 0 Å². The normalized spacial score (nSPS) is 15.0. The number of anilines is 2. The number of likely N-dealkylation sites (tertiary alicyclic amines) is 1. The second-order valence-corrected chi connectivity index (χ2v) is 6.37. The molecule has 1 N–H and O–H groups in total. The maximum Gasteiger partial charge on any atom is 0.416 e. The summed E-state index contributed by atoms with van der Waals surface area (Å²) in [5, 5.41) is 2.76. The van der Waals surface area contributed by atoms with Crippen molar-refractivity contribution in [1.29, 1.82) is 0 Å². The molecule has 0 spiro atoms. The van der Waals surface area contributed by atoms with E-state index in [0.29, 0.717) is 18.7 Å². The molecule has 0 saturated carbocycles. The van der Waals surface area contributed by atoms with Gasteiger partial charge in [-0.05, 0) is 37.5 Å². The first-order valence-electron chi connectivity index (χ1n) is 8.10. The van der Waals surface area contributed by atoms with Crippen LogP contribution in [-0.2, 0) is 6.18 Å². The van der Waals surface area contributed by atoms with E-state index in [2.05, 4.69) is 15.3 Å². The first kappa shape index (κ1) is 18.4. The standard InChI is InChI=1S/C17H16ClF3N4O/c18-13-5-4-12(17(19,20)21)8-14(13)24-16-22-9-11(10-23-16)15(26)25-6-2-1-3-7-25/h4-5,8-10H,1-3,6-7H2,(H,22,23,24). The summed E-state index contributed by atoms with van der Waals surface area (Å²) in [6.07, 6.45) is 1.29. The largest absolute Gasteiger partial charge is 0.416 e. The van der Waals surface area contributed by atoms with Crippen LogP contribution in [-0.4, -0.2) is 33.9 Å². The molecule has 0 unspecified atom stereocenters. The number of rotatable bonds is 3. The monoisotopic (exact) mass is 384 g/mol. The van der Waals surface area contributed by atoms with Gasteiger partial charge in [-0.1, -0.05) is 11.6 Å². The topological polar surface area (TPSA) is 58.1 Å². The van der Waals surface area contributed by atoms with Crippen molar-refractivity contribution in [1.82, 2.24) is 14.9 Å². The van der Waals surface area contributed by atoms with E-state index in [4.69, 9.17) is 11.6 Å². The molecule has 1 aliphatic heterocycles. The number of halogens is 4. The lowest BCUT2D eigenvalue weighted by Crippen LogP contribution is -2.35. The van der Waals surface area contributed by atoms with Gasteiger partial charge in [0.05, 0.1) is 21.8 Å². The molecule has 3 rings (SSSR count). The van der Waals surface area contributed by atoms with Crippen molar-refractivity contribution in [2.75, 3.05) is 18.4 Å². The van der Waals surface area contributed by atoms with Crippen LogP contribution in [0.25, 0.3) is 0 Å². The number of aromatic nitrogens is 2. The molecule has 9 heteroatoms. The Hall–Kier alpha value is -2.35. The van der Waals surface area contributed by atoms with Crippen LogP contribution >= 0.6 is 11.6 Å². The van der Waals surface area contributed by atoms with Crippen LogP contribution in [0, 0.1) is 0 Å². The second-order valence-electron chi connectivity index (χ2n) is 5.97. The summed E-state index contributed by atoms with van der Waals surface area (Å²) in [5.41, 5.74) is -0.453. The molecule has 2 aromatic rings. The van der Waals surface area contributed by atoms with Crippen LogP contribution < -0.4 is 5.32 Å². The van der Waals surface area contributed by atoms with E-state index < -0.39 is 11.7 Å². The average molecular weight is 385 g/mol. The van der Waals surface area contributed by atoms with Gasteiger partial charge in [0.1, 0.15) is 0 Å². The Morgan fingerprint density at radius 1 is 1.12 bits per heavy atom. The van der Waals surface area contributed by atoms with Gasteiger partial charge in [-0.3, -0.25) is 4.79 Å². The molecule has 138 valence electrons. The number of piperidine rings is 1. The molecular formula is C17H16ClF3N4O. The molecule has 1 aromatic heterocycles. The molecule has 0 aliphatic carbocycles. The number of carbonyl (C=O) groups excluding carboxylic acids is 1. The lowest BCUT2D eigenvalue weighted by Gasteiger charge is -2.26. The van der Waals surface area contributed by atoms with Gasteiger partial charge in [-0.25, -0.2) is 9.97 Å². The van der Waals surface area contributed by atoms with Gasteiger partial charge in [0.15, 0.2) is 0 Å². The first-order valence-corrected chi connectivity index (χ1v) is 8.47. The van der Waals surface area contributed by atoms with Crippen LogP contribution in [0.15, 0.2) is 30.6 Å². The molecule has 0 atom stereocenters. The summed E-state index contributed by atoms with van der Waals surface area (Å²) in [6.45, 7) is 1.41. The minimum absolute atomic E-state index is 0.0385. The van der Waals surface area contributed by atoms with Crippen LogP contribution in [0.5, 0.6) is 0 Å². The fraction of sp³-hybridized carbons (Fsp3) is 0.353. The number of hydrogen-bond donors (Lipinski definition) is 1. The molecule has 1 aromatic carbocycles. The van der Waals surface area contributed by atoms with E-state index in [1.165, 1.54) is 12.4 Å². The number of hydrogen-bond acceptors (Lipinski definition) is 4.